The van der Waals surface area contributed by atoms with Gasteiger partial charge in [0.25, 0.3) is 0 Å². The van der Waals surface area contributed by atoms with Gasteiger partial charge < -0.3 is 0 Å². The fraction of sp³-hybridized carbons (Fsp3) is 0.333. The molecule has 1 aliphatic rings. The van der Waals surface area contributed by atoms with Crippen molar-refractivity contribution < 1.29 is 4.39 Å². The van der Waals surface area contributed by atoms with Gasteiger partial charge in [-0.15, -0.1) is 10.2 Å². The van der Waals surface area contributed by atoms with E-state index in [9.17, 15) is 4.39 Å². The Hall–Kier alpha value is -1.37. The number of nitrogens with zero attached hydrogens (tertiary/aromatic N) is 3. The first-order valence-corrected chi connectivity index (χ1v) is 11.5. The van der Waals surface area contributed by atoms with E-state index in [2.05, 4.69) is 42.8 Å². The Morgan fingerprint density at radius 1 is 1.11 bits per heavy atom. The summed E-state index contributed by atoms with van der Waals surface area (Å²) in [7, 11) is 0. The van der Waals surface area contributed by atoms with Crippen molar-refractivity contribution in [1.29, 1.82) is 0 Å². The van der Waals surface area contributed by atoms with Crippen LogP contribution in [0.4, 0.5) is 4.39 Å². The fourth-order valence-corrected chi connectivity index (χ4v) is 5.20. The molecule has 7 heteroatoms. The van der Waals surface area contributed by atoms with Gasteiger partial charge in [-0.25, -0.2) is 4.39 Å². The van der Waals surface area contributed by atoms with Gasteiger partial charge in [0.2, 0.25) is 0 Å². The Balaban J connectivity index is 1.66. The van der Waals surface area contributed by atoms with Gasteiger partial charge in [0, 0.05) is 26.9 Å². The summed E-state index contributed by atoms with van der Waals surface area (Å²) in [6.45, 7) is 0. The Bertz CT molecular complexity index is 972. The van der Waals surface area contributed by atoms with Crippen LogP contribution in [-0.2, 0) is 5.75 Å². The second-order valence-electron chi connectivity index (χ2n) is 7.00. The molecule has 1 aromatic heterocycles. The summed E-state index contributed by atoms with van der Waals surface area (Å²) in [5.41, 5.74) is 1.66. The van der Waals surface area contributed by atoms with Crippen LogP contribution in [0.5, 0.6) is 0 Å². The molecule has 3 aromatic rings. The van der Waals surface area contributed by atoms with Gasteiger partial charge in [0.05, 0.1) is 0 Å². The van der Waals surface area contributed by atoms with Gasteiger partial charge in [-0.1, -0.05) is 76.8 Å². The van der Waals surface area contributed by atoms with Crippen LogP contribution in [0, 0.1) is 5.82 Å². The molecule has 2 aromatic carbocycles. The molecule has 0 aliphatic heterocycles. The number of aromatic nitrogens is 3. The number of thioether (sulfide) groups is 1. The van der Waals surface area contributed by atoms with Crippen molar-refractivity contribution in [2.45, 2.75) is 49.1 Å². The quantitative estimate of drug-likeness (QED) is 0.359. The molecule has 1 aliphatic carbocycles. The minimum absolute atomic E-state index is 0.282. The van der Waals surface area contributed by atoms with Crippen molar-refractivity contribution in [3.63, 3.8) is 0 Å². The van der Waals surface area contributed by atoms with E-state index < -0.39 is 0 Å². The Morgan fingerprint density at radius 3 is 2.68 bits per heavy atom. The van der Waals surface area contributed by atoms with Crippen LogP contribution in [0.15, 0.2) is 52.1 Å². The molecule has 0 saturated heterocycles. The largest absolute Gasteiger partial charge is 0.299 e. The van der Waals surface area contributed by atoms with Crippen molar-refractivity contribution in [3.05, 3.63) is 63.3 Å². The lowest BCUT2D eigenvalue weighted by molar-refractivity contribution is 0.339. The maximum absolute atomic E-state index is 14.2. The van der Waals surface area contributed by atoms with Crippen LogP contribution < -0.4 is 0 Å². The number of hydrogen-bond acceptors (Lipinski definition) is 3. The second kappa shape index (κ2) is 8.97. The highest BCUT2D eigenvalue weighted by Crippen LogP contribution is 2.37. The molecule has 0 atom stereocenters. The van der Waals surface area contributed by atoms with Crippen LogP contribution in [0.1, 0.15) is 43.7 Å². The first-order valence-electron chi connectivity index (χ1n) is 9.39. The lowest BCUT2D eigenvalue weighted by Gasteiger charge is -2.25. The molecule has 0 bridgehead atoms. The molecule has 0 amide bonds. The summed E-state index contributed by atoms with van der Waals surface area (Å²) in [6, 6.07) is 13.3. The number of rotatable bonds is 5. The molecule has 1 saturated carbocycles. The van der Waals surface area contributed by atoms with Gasteiger partial charge in [0.15, 0.2) is 11.0 Å². The van der Waals surface area contributed by atoms with Crippen LogP contribution >= 0.6 is 39.3 Å². The maximum Gasteiger partial charge on any atom is 0.192 e. The van der Waals surface area contributed by atoms with E-state index in [1.807, 2.05) is 12.1 Å². The fourth-order valence-electron chi connectivity index (χ4n) is 3.65. The van der Waals surface area contributed by atoms with Crippen molar-refractivity contribution in [1.82, 2.24) is 14.8 Å². The lowest BCUT2D eigenvalue weighted by Crippen LogP contribution is -2.15. The Morgan fingerprint density at radius 2 is 1.93 bits per heavy atom. The molecular formula is C21H20BrClFN3S. The third-order valence-corrected chi connectivity index (χ3v) is 6.78. The van der Waals surface area contributed by atoms with Crippen molar-refractivity contribution in [3.8, 4) is 11.4 Å². The normalized spacial score (nSPS) is 15.1. The highest BCUT2D eigenvalue weighted by molar-refractivity contribution is 9.10. The van der Waals surface area contributed by atoms with E-state index >= 15 is 0 Å². The van der Waals surface area contributed by atoms with Gasteiger partial charge in [0.1, 0.15) is 5.82 Å². The summed E-state index contributed by atoms with van der Waals surface area (Å²) in [5, 5.41) is 10.2. The first kappa shape index (κ1) is 19.9. The van der Waals surface area contributed by atoms with Gasteiger partial charge in [-0.3, -0.25) is 4.57 Å². The molecule has 4 rings (SSSR count). The monoisotopic (exact) mass is 479 g/mol. The maximum atomic E-state index is 14.2. The predicted molar refractivity (Wildman–Crippen MR) is 116 cm³/mol. The molecule has 1 heterocycles. The molecule has 28 heavy (non-hydrogen) atoms. The predicted octanol–water partition coefficient (Wildman–Crippen LogP) is 7.30. The Labute approximate surface area is 181 Å². The van der Waals surface area contributed by atoms with Crippen LogP contribution in [-0.4, -0.2) is 14.8 Å². The van der Waals surface area contributed by atoms with E-state index in [0.29, 0.717) is 22.4 Å². The van der Waals surface area contributed by atoms with Crippen LogP contribution in [0.3, 0.4) is 0 Å². The first-order chi connectivity index (χ1) is 13.6. The standard InChI is InChI=1S/C21H20BrClFN3S/c22-16-6-4-5-14(11-16)20-25-26-21(27(20)18-7-2-1-3-8-18)28-13-15-9-10-17(23)12-19(15)24/h4-6,9-12,18H,1-3,7-8,13H2. The zero-order valence-electron chi connectivity index (χ0n) is 15.2. The third-order valence-electron chi connectivity index (χ3n) is 5.06. The van der Waals surface area contributed by atoms with Gasteiger partial charge in [-0.2, -0.15) is 0 Å². The lowest BCUT2D eigenvalue weighted by atomic mass is 9.95. The molecule has 0 spiro atoms. The highest BCUT2D eigenvalue weighted by Gasteiger charge is 2.24. The summed E-state index contributed by atoms with van der Waals surface area (Å²) in [4.78, 5) is 0. The van der Waals surface area contributed by atoms with E-state index in [4.69, 9.17) is 11.6 Å². The SMILES string of the molecule is Fc1cc(Cl)ccc1CSc1nnc(-c2cccc(Br)c2)n1C1CCCCC1. The minimum atomic E-state index is -0.282. The van der Waals surface area contributed by atoms with E-state index in [0.717, 1.165) is 33.9 Å². The van der Waals surface area contributed by atoms with Crippen LogP contribution in [0.2, 0.25) is 5.02 Å². The molecule has 0 unspecified atom stereocenters. The van der Waals surface area contributed by atoms with Crippen molar-refractivity contribution in [2.75, 3.05) is 0 Å². The highest BCUT2D eigenvalue weighted by atomic mass is 79.9. The molecule has 1 fully saturated rings. The summed E-state index contributed by atoms with van der Waals surface area (Å²) < 4.78 is 17.5. The molecule has 146 valence electrons. The van der Waals surface area contributed by atoms with Crippen LogP contribution in [0.25, 0.3) is 11.4 Å². The molecule has 3 nitrogen and oxygen atoms in total. The van der Waals surface area contributed by atoms with Gasteiger partial charge >= 0.3 is 0 Å². The van der Waals surface area contributed by atoms with Crippen molar-refractivity contribution >= 4 is 39.3 Å². The Kier molecular flexibility index (Phi) is 6.38. The van der Waals surface area contributed by atoms with Gasteiger partial charge in [-0.05, 0) is 42.7 Å². The molecular weight excluding hydrogens is 461 g/mol. The summed E-state index contributed by atoms with van der Waals surface area (Å²) in [5.74, 6) is 1.09. The van der Waals surface area contributed by atoms with E-state index in [1.165, 1.54) is 37.1 Å². The average Bonchev–Trinajstić information content (AvgIpc) is 3.12. The van der Waals surface area contributed by atoms with E-state index in [-0.39, 0.29) is 5.82 Å². The average molecular weight is 481 g/mol. The third kappa shape index (κ3) is 4.44. The number of hydrogen-bond donors (Lipinski definition) is 0. The van der Waals surface area contributed by atoms with E-state index in [1.54, 1.807) is 12.1 Å². The zero-order chi connectivity index (χ0) is 19.5. The molecule has 0 N–H and O–H groups in total. The summed E-state index contributed by atoms with van der Waals surface area (Å²) in [6.07, 6.45) is 5.97. The molecule has 0 radical (unpaired) electrons. The van der Waals surface area contributed by atoms with Crippen molar-refractivity contribution in [2.24, 2.45) is 0 Å². The second-order valence-corrected chi connectivity index (χ2v) is 9.30. The minimum Gasteiger partial charge on any atom is -0.299 e. The number of halogens is 3. The number of benzene rings is 2. The summed E-state index contributed by atoms with van der Waals surface area (Å²) >= 11 is 10.9. The zero-order valence-corrected chi connectivity index (χ0v) is 18.4. The topological polar surface area (TPSA) is 30.7 Å². The smallest absolute Gasteiger partial charge is 0.192 e.